The monoisotopic (exact) mass is 540 g/mol. The van der Waals surface area contributed by atoms with Gasteiger partial charge in [-0.2, -0.15) is 0 Å². The van der Waals surface area contributed by atoms with Gasteiger partial charge in [0.25, 0.3) is 5.91 Å². The second-order valence-corrected chi connectivity index (χ2v) is 11.1. The van der Waals surface area contributed by atoms with Crippen molar-refractivity contribution in [3.05, 3.63) is 94.0 Å². The van der Waals surface area contributed by atoms with Crippen LogP contribution in [-0.4, -0.2) is 61.4 Å². The molecule has 9 heteroatoms. The lowest BCUT2D eigenvalue weighted by atomic mass is 9.90. The maximum atomic E-state index is 14.4. The van der Waals surface area contributed by atoms with Crippen LogP contribution in [0.25, 0.3) is 27.6 Å². The molecule has 4 heterocycles. The molecular weight excluding hydrogens is 507 g/mol. The Bertz CT molecular complexity index is 1770. The van der Waals surface area contributed by atoms with Crippen molar-refractivity contribution in [2.45, 2.75) is 45.2 Å². The lowest BCUT2D eigenvalue weighted by molar-refractivity contribution is 0.0754. The van der Waals surface area contributed by atoms with E-state index in [9.17, 15) is 14.0 Å². The third-order valence-corrected chi connectivity index (χ3v) is 8.11. The molecule has 8 nitrogen and oxygen atoms in total. The third kappa shape index (κ3) is 4.81. The number of hydrogen-bond donors (Lipinski definition) is 2. The van der Waals surface area contributed by atoms with Crippen molar-refractivity contribution >= 4 is 27.8 Å². The predicted molar refractivity (Wildman–Crippen MR) is 154 cm³/mol. The van der Waals surface area contributed by atoms with E-state index >= 15 is 0 Å². The Morgan fingerprint density at radius 3 is 2.80 bits per heavy atom. The molecule has 206 valence electrons. The highest BCUT2D eigenvalue weighted by Crippen LogP contribution is 2.36. The minimum absolute atomic E-state index is 0.0197. The minimum atomic E-state index is -0.441. The summed E-state index contributed by atoms with van der Waals surface area (Å²) in [5.74, 6) is -0.376. The van der Waals surface area contributed by atoms with Crippen LogP contribution >= 0.6 is 0 Å². The van der Waals surface area contributed by atoms with Crippen LogP contribution in [0.15, 0.2) is 65.8 Å². The van der Waals surface area contributed by atoms with Crippen LogP contribution in [0.3, 0.4) is 0 Å². The average Bonchev–Trinajstić information content (AvgIpc) is 3.52. The third-order valence-electron chi connectivity index (χ3n) is 8.11. The van der Waals surface area contributed by atoms with Crippen molar-refractivity contribution in [2.24, 2.45) is 0 Å². The van der Waals surface area contributed by atoms with Crippen molar-refractivity contribution < 1.29 is 9.18 Å². The zero-order valence-electron chi connectivity index (χ0n) is 22.9. The van der Waals surface area contributed by atoms with Gasteiger partial charge >= 0.3 is 5.69 Å². The summed E-state index contributed by atoms with van der Waals surface area (Å²) in [4.78, 5) is 39.2. The molecule has 1 aliphatic heterocycles. The number of amides is 1. The Balaban J connectivity index is 1.34. The second kappa shape index (κ2) is 10.4. The van der Waals surface area contributed by atoms with Crippen molar-refractivity contribution in [1.82, 2.24) is 29.3 Å². The molecular formula is C31H33FN6O2. The first-order valence-corrected chi connectivity index (χ1v) is 13.7. The summed E-state index contributed by atoms with van der Waals surface area (Å²) < 4.78 is 16.4. The van der Waals surface area contributed by atoms with Gasteiger partial charge in [0.05, 0.1) is 34.0 Å². The van der Waals surface area contributed by atoms with E-state index in [0.29, 0.717) is 11.3 Å². The van der Waals surface area contributed by atoms with E-state index in [1.54, 1.807) is 24.2 Å². The fourth-order valence-corrected chi connectivity index (χ4v) is 5.83. The molecule has 0 spiro atoms. The lowest BCUT2D eigenvalue weighted by Gasteiger charge is -2.32. The second-order valence-electron chi connectivity index (χ2n) is 11.1. The van der Waals surface area contributed by atoms with Crippen molar-refractivity contribution in [1.29, 1.82) is 0 Å². The van der Waals surface area contributed by atoms with E-state index in [-0.39, 0.29) is 23.6 Å². The Morgan fingerprint density at radius 2 is 1.98 bits per heavy atom. The number of hydrogen-bond acceptors (Lipinski definition) is 4. The van der Waals surface area contributed by atoms with Crippen molar-refractivity contribution in [3.63, 3.8) is 0 Å². The Kier molecular flexibility index (Phi) is 6.75. The van der Waals surface area contributed by atoms with Gasteiger partial charge in [-0.15, -0.1) is 0 Å². The Hall–Kier alpha value is -4.24. The molecule has 3 aromatic heterocycles. The number of pyridine rings is 1. The molecule has 0 saturated carbocycles. The van der Waals surface area contributed by atoms with Crippen LogP contribution in [0, 0.1) is 5.82 Å². The van der Waals surface area contributed by atoms with Crippen LogP contribution in [0.5, 0.6) is 0 Å². The maximum Gasteiger partial charge on any atom is 0.323 e. The molecule has 1 fully saturated rings. The van der Waals surface area contributed by atoms with E-state index in [2.05, 4.69) is 32.1 Å². The Labute approximate surface area is 231 Å². The van der Waals surface area contributed by atoms with Gasteiger partial charge in [0.15, 0.2) is 0 Å². The fraction of sp³-hybridized carbons (Fsp3) is 0.323. The van der Waals surface area contributed by atoms with E-state index in [4.69, 9.17) is 0 Å². The average molecular weight is 541 g/mol. The number of H-pyrrole nitrogens is 2. The zero-order valence-corrected chi connectivity index (χ0v) is 22.9. The Morgan fingerprint density at radius 1 is 1.15 bits per heavy atom. The number of fused-ring (bicyclic) bond motifs is 2. The minimum Gasteiger partial charge on any atom is -0.339 e. The number of nitrogens with one attached hydrogen (secondary N) is 2. The van der Waals surface area contributed by atoms with E-state index in [1.807, 2.05) is 42.8 Å². The first kappa shape index (κ1) is 26.0. The van der Waals surface area contributed by atoms with E-state index in [0.717, 1.165) is 60.0 Å². The summed E-state index contributed by atoms with van der Waals surface area (Å²) in [6.07, 6.45) is 7.83. The van der Waals surface area contributed by atoms with Gasteiger partial charge in [-0.1, -0.05) is 6.07 Å². The fourth-order valence-electron chi connectivity index (χ4n) is 5.83. The van der Waals surface area contributed by atoms with Crippen LogP contribution in [0.1, 0.15) is 54.1 Å². The van der Waals surface area contributed by atoms with Gasteiger partial charge in [0.1, 0.15) is 5.82 Å². The molecule has 2 aromatic carbocycles. The quantitative estimate of drug-likeness (QED) is 0.310. The number of piperidine rings is 1. The van der Waals surface area contributed by atoms with Crippen molar-refractivity contribution in [3.8, 4) is 5.69 Å². The number of aromatic nitrogens is 4. The molecule has 1 unspecified atom stereocenters. The first-order valence-electron chi connectivity index (χ1n) is 13.7. The van der Waals surface area contributed by atoms with Gasteiger partial charge in [-0.25, -0.2) is 9.18 Å². The topological polar surface area (TPSA) is 90.0 Å². The van der Waals surface area contributed by atoms with E-state index < -0.39 is 5.82 Å². The van der Waals surface area contributed by atoms with Gasteiger partial charge in [0.2, 0.25) is 0 Å². The largest absolute Gasteiger partial charge is 0.339 e. The normalized spacial score (nSPS) is 16.3. The van der Waals surface area contributed by atoms with E-state index in [1.165, 1.54) is 17.7 Å². The number of imidazole rings is 1. The smallest absolute Gasteiger partial charge is 0.323 e. The zero-order chi connectivity index (χ0) is 28.0. The van der Waals surface area contributed by atoms with Crippen LogP contribution in [-0.2, 0) is 6.54 Å². The predicted octanol–water partition coefficient (Wildman–Crippen LogP) is 5.19. The summed E-state index contributed by atoms with van der Waals surface area (Å²) >= 11 is 0. The molecule has 0 radical (unpaired) electrons. The first-order chi connectivity index (χ1) is 19.3. The molecule has 1 atom stereocenters. The van der Waals surface area contributed by atoms with Crippen LogP contribution in [0.2, 0.25) is 0 Å². The molecule has 5 aromatic rings. The summed E-state index contributed by atoms with van der Waals surface area (Å²) in [5, 5.41) is 1.09. The highest BCUT2D eigenvalue weighted by molar-refractivity contribution is 5.99. The highest BCUT2D eigenvalue weighted by Gasteiger charge is 2.27. The summed E-state index contributed by atoms with van der Waals surface area (Å²) in [7, 11) is 1.74. The molecule has 6 rings (SSSR count). The molecule has 40 heavy (non-hydrogen) atoms. The van der Waals surface area contributed by atoms with Crippen molar-refractivity contribution in [2.75, 3.05) is 20.1 Å². The van der Waals surface area contributed by atoms with Gasteiger partial charge in [-0.3, -0.25) is 14.7 Å². The highest BCUT2D eigenvalue weighted by atomic mass is 19.1. The van der Waals surface area contributed by atoms with Gasteiger partial charge < -0.3 is 19.4 Å². The van der Waals surface area contributed by atoms with Gasteiger partial charge in [-0.05, 0) is 86.7 Å². The van der Waals surface area contributed by atoms with Gasteiger partial charge in [0, 0.05) is 44.0 Å². The number of carbonyl (C=O) groups is 1. The molecule has 0 bridgehead atoms. The number of aromatic amines is 2. The summed E-state index contributed by atoms with van der Waals surface area (Å²) in [6, 6.07) is 12.5. The number of likely N-dealkylation sites (tertiary alicyclic amines) is 1. The number of nitrogens with zero attached hydrogens (tertiary/aromatic N) is 4. The van der Waals surface area contributed by atoms with Crippen LogP contribution in [0.4, 0.5) is 4.39 Å². The molecule has 0 aliphatic carbocycles. The van der Waals surface area contributed by atoms with Crippen LogP contribution < -0.4 is 5.69 Å². The molecule has 1 saturated heterocycles. The SMILES string of the molecule is CC(C)N(C)C(=O)c1cc(F)ccc1-n1cc(C2CCCN(Cc3ccc4[nH]c(=O)[nH]c4c3)C2)c2ccncc21. The molecule has 1 amide bonds. The summed E-state index contributed by atoms with van der Waals surface area (Å²) in [5.41, 5.74) is 5.65. The standard InChI is InChI=1S/C31H33FN6O2/c1-19(2)36(3)30(39)24-14-22(32)7-9-28(24)38-18-25(23-10-11-33-15-29(23)38)21-5-4-12-37(17-21)16-20-6-8-26-27(13-20)35-31(40)34-26/h6-11,13-15,18-19,21H,4-5,12,16-17H2,1-3H3,(H2,34,35,40). The number of carbonyl (C=O) groups excluding carboxylic acids is 1. The molecule has 1 aliphatic rings. The number of benzene rings is 2. The maximum absolute atomic E-state index is 14.4. The summed E-state index contributed by atoms with van der Waals surface area (Å²) in [6.45, 7) is 6.55. The number of halogens is 1. The lowest BCUT2D eigenvalue weighted by Crippen LogP contribution is -2.34. The molecule has 2 N–H and O–H groups in total. The number of rotatable bonds is 6.